The molecule has 13 heavy (non-hydrogen) atoms. The maximum atomic E-state index is 4.13. The summed E-state index contributed by atoms with van der Waals surface area (Å²) in [6.45, 7) is 5.37. The molecule has 0 aliphatic carbocycles. The Morgan fingerprint density at radius 1 is 1.54 bits per heavy atom. The van der Waals surface area contributed by atoms with Gasteiger partial charge in [-0.15, -0.1) is 0 Å². The quantitative estimate of drug-likeness (QED) is 0.879. The van der Waals surface area contributed by atoms with Gasteiger partial charge in [-0.3, -0.25) is 4.98 Å². The SMILES string of the molecule is CCCNC(C)c1cncc(Br)c1. The van der Waals surface area contributed by atoms with Gasteiger partial charge in [0.25, 0.3) is 0 Å². The molecule has 0 aliphatic heterocycles. The van der Waals surface area contributed by atoms with Gasteiger partial charge in [0.2, 0.25) is 0 Å². The van der Waals surface area contributed by atoms with Crippen molar-refractivity contribution >= 4 is 15.9 Å². The molecule has 0 amide bonds. The van der Waals surface area contributed by atoms with Crippen LogP contribution in [0, 0.1) is 0 Å². The summed E-state index contributed by atoms with van der Waals surface area (Å²) in [6.07, 6.45) is 4.86. The molecule has 0 radical (unpaired) electrons. The third-order valence-corrected chi connectivity index (χ3v) is 2.36. The first-order chi connectivity index (χ1) is 6.24. The van der Waals surface area contributed by atoms with Crippen LogP contribution < -0.4 is 5.32 Å². The topological polar surface area (TPSA) is 24.9 Å². The lowest BCUT2D eigenvalue weighted by molar-refractivity contribution is 0.569. The second-order valence-electron chi connectivity index (χ2n) is 3.11. The van der Waals surface area contributed by atoms with Gasteiger partial charge in [-0.2, -0.15) is 0 Å². The zero-order chi connectivity index (χ0) is 9.68. The molecule has 0 saturated heterocycles. The summed E-state index contributed by atoms with van der Waals surface area (Å²) >= 11 is 3.41. The largest absolute Gasteiger partial charge is 0.310 e. The number of rotatable bonds is 4. The number of halogens is 1. The molecular formula is C10H15BrN2. The summed E-state index contributed by atoms with van der Waals surface area (Å²) in [5.41, 5.74) is 1.22. The van der Waals surface area contributed by atoms with Crippen molar-refractivity contribution in [3.8, 4) is 0 Å². The first kappa shape index (κ1) is 10.7. The second kappa shape index (κ2) is 5.35. The van der Waals surface area contributed by atoms with Gasteiger partial charge in [-0.1, -0.05) is 6.92 Å². The summed E-state index contributed by atoms with van der Waals surface area (Å²) in [7, 11) is 0. The molecule has 0 aromatic carbocycles. The fraction of sp³-hybridized carbons (Fsp3) is 0.500. The molecule has 1 N–H and O–H groups in total. The number of hydrogen-bond acceptors (Lipinski definition) is 2. The van der Waals surface area contributed by atoms with Crippen molar-refractivity contribution in [2.45, 2.75) is 26.3 Å². The van der Waals surface area contributed by atoms with Gasteiger partial charge in [0.1, 0.15) is 0 Å². The highest BCUT2D eigenvalue weighted by Crippen LogP contribution is 2.15. The van der Waals surface area contributed by atoms with Gasteiger partial charge < -0.3 is 5.32 Å². The van der Waals surface area contributed by atoms with Crippen LogP contribution in [0.25, 0.3) is 0 Å². The lowest BCUT2D eigenvalue weighted by Gasteiger charge is -2.12. The zero-order valence-corrected chi connectivity index (χ0v) is 9.63. The van der Waals surface area contributed by atoms with E-state index in [1.807, 2.05) is 6.20 Å². The van der Waals surface area contributed by atoms with Gasteiger partial charge in [-0.05, 0) is 47.4 Å². The van der Waals surface area contributed by atoms with Crippen LogP contribution in [0.4, 0.5) is 0 Å². The maximum absolute atomic E-state index is 4.13. The number of pyridine rings is 1. The molecule has 0 bridgehead atoms. The van der Waals surface area contributed by atoms with E-state index >= 15 is 0 Å². The molecule has 1 aromatic heterocycles. The van der Waals surface area contributed by atoms with Crippen molar-refractivity contribution in [2.24, 2.45) is 0 Å². The van der Waals surface area contributed by atoms with E-state index < -0.39 is 0 Å². The average Bonchev–Trinajstić information content (AvgIpc) is 2.14. The van der Waals surface area contributed by atoms with E-state index in [1.54, 1.807) is 6.20 Å². The molecule has 1 aromatic rings. The fourth-order valence-electron chi connectivity index (χ4n) is 1.14. The van der Waals surface area contributed by atoms with Crippen LogP contribution in [-0.4, -0.2) is 11.5 Å². The zero-order valence-electron chi connectivity index (χ0n) is 8.05. The molecule has 0 fully saturated rings. The number of hydrogen-bond donors (Lipinski definition) is 1. The highest BCUT2D eigenvalue weighted by molar-refractivity contribution is 9.10. The maximum Gasteiger partial charge on any atom is 0.0410 e. The fourth-order valence-corrected chi connectivity index (χ4v) is 1.53. The molecule has 1 unspecified atom stereocenters. The Labute approximate surface area is 87.9 Å². The molecule has 0 saturated carbocycles. The molecule has 72 valence electrons. The monoisotopic (exact) mass is 242 g/mol. The van der Waals surface area contributed by atoms with Crippen LogP contribution in [0.5, 0.6) is 0 Å². The summed E-state index contributed by atoms with van der Waals surface area (Å²) in [5.74, 6) is 0. The molecule has 0 aliphatic rings. The van der Waals surface area contributed by atoms with Crippen molar-refractivity contribution in [3.05, 3.63) is 28.5 Å². The van der Waals surface area contributed by atoms with Gasteiger partial charge >= 0.3 is 0 Å². The Balaban J connectivity index is 2.60. The van der Waals surface area contributed by atoms with Gasteiger partial charge in [0, 0.05) is 22.9 Å². The minimum Gasteiger partial charge on any atom is -0.310 e. The standard InChI is InChI=1S/C10H15BrN2/c1-3-4-13-8(2)9-5-10(11)7-12-6-9/h5-8,13H,3-4H2,1-2H3. The predicted octanol–water partition coefficient (Wildman–Crippen LogP) is 2.90. The second-order valence-corrected chi connectivity index (χ2v) is 4.03. The van der Waals surface area contributed by atoms with Crippen LogP contribution in [0.2, 0.25) is 0 Å². The van der Waals surface area contributed by atoms with E-state index in [-0.39, 0.29) is 0 Å². The summed E-state index contributed by atoms with van der Waals surface area (Å²) < 4.78 is 1.04. The van der Waals surface area contributed by atoms with Crippen molar-refractivity contribution in [1.29, 1.82) is 0 Å². The van der Waals surface area contributed by atoms with E-state index in [0.717, 1.165) is 17.4 Å². The first-order valence-electron chi connectivity index (χ1n) is 4.58. The molecule has 1 heterocycles. The predicted molar refractivity (Wildman–Crippen MR) is 58.6 cm³/mol. The average molecular weight is 243 g/mol. The molecule has 0 spiro atoms. The Morgan fingerprint density at radius 3 is 2.92 bits per heavy atom. The van der Waals surface area contributed by atoms with Crippen LogP contribution >= 0.6 is 15.9 Å². The van der Waals surface area contributed by atoms with Gasteiger partial charge in [0.15, 0.2) is 0 Å². The van der Waals surface area contributed by atoms with Crippen LogP contribution in [0.15, 0.2) is 22.9 Å². The minimum atomic E-state index is 0.380. The summed E-state index contributed by atoms with van der Waals surface area (Å²) in [5, 5.41) is 3.41. The molecular weight excluding hydrogens is 228 g/mol. The van der Waals surface area contributed by atoms with Crippen molar-refractivity contribution in [3.63, 3.8) is 0 Å². The lowest BCUT2D eigenvalue weighted by atomic mass is 10.1. The van der Waals surface area contributed by atoms with Crippen molar-refractivity contribution < 1.29 is 0 Å². The van der Waals surface area contributed by atoms with Crippen molar-refractivity contribution in [2.75, 3.05) is 6.54 Å². The third-order valence-electron chi connectivity index (χ3n) is 1.93. The smallest absolute Gasteiger partial charge is 0.0410 e. The highest BCUT2D eigenvalue weighted by atomic mass is 79.9. The van der Waals surface area contributed by atoms with Gasteiger partial charge in [-0.25, -0.2) is 0 Å². The lowest BCUT2D eigenvalue weighted by Crippen LogP contribution is -2.19. The van der Waals surface area contributed by atoms with E-state index in [4.69, 9.17) is 0 Å². The van der Waals surface area contributed by atoms with E-state index in [1.165, 1.54) is 5.56 Å². The minimum absolute atomic E-state index is 0.380. The molecule has 2 nitrogen and oxygen atoms in total. The van der Waals surface area contributed by atoms with E-state index in [9.17, 15) is 0 Å². The third kappa shape index (κ3) is 3.44. The Hall–Kier alpha value is -0.410. The van der Waals surface area contributed by atoms with Crippen LogP contribution in [0.1, 0.15) is 31.9 Å². The molecule has 3 heteroatoms. The molecule has 1 atom stereocenters. The molecule has 1 rings (SSSR count). The number of nitrogens with zero attached hydrogens (tertiary/aromatic N) is 1. The number of aromatic nitrogens is 1. The van der Waals surface area contributed by atoms with Crippen LogP contribution in [-0.2, 0) is 0 Å². The first-order valence-corrected chi connectivity index (χ1v) is 5.37. The summed E-state index contributed by atoms with van der Waals surface area (Å²) in [4.78, 5) is 4.13. The van der Waals surface area contributed by atoms with E-state index in [0.29, 0.717) is 6.04 Å². The Kier molecular flexibility index (Phi) is 4.39. The van der Waals surface area contributed by atoms with Crippen molar-refractivity contribution in [1.82, 2.24) is 10.3 Å². The van der Waals surface area contributed by atoms with Gasteiger partial charge in [0.05, 0.1) is 0 Å². The normalized spacial score (nSPS) is 12.8. The van der Waals surface area contributed by atoms with E-state index in [2.05, 4.69) is 46.1 Å². The Bertz CT molecular complexity index is 263. The summed E-state index contributed by atoms with van der Waals surface area (Å²) in [6, 6.07) is 2.48. The Morgan fingerprint density at radius 2 is 2.31 bits per heavy atom. The van der Waals surface area contributed by atoms with Crippen LogP contribution in [0.3, 0.4) is 0 Å². The highest BCUT2D eigenvalue weighted by Gasteiger charge is 2.03. The number of nitrogens with one attached hydrogen (secondary N) is 1.